The van der Waals surface area contributed by atoms with Crippen LogP contribution in [-0.2, 0) is 16.0 Å². The van der Waals surface area contributed by atoms with Crippen LogP contribution in [0.2, 0.25) is 0 Å². The number of aryl methyl sites for hydroxylation is 1. The first-order valence-corrected chi connectivity index (χ1v) is 9.59. The Morgan fingerprint density at radius 1 is 1.30 bits per heavy atom. The number of carbonyl (C=O) groups is 2. The summed E-state index contributed by atoms with van der Waals surface area (Å²) in [5.41, 5.74) is 1.72. The minimum absolute atomic E-state index is 0.00474. The van der Waals surface area contributed by atoms with Gasteiger partial charge in [-0.15, -0.1) is 0 Å². The van der Waals surface area contributed by atoms with E-state index >= 15 is 0 Å². The van der Waals surface area contributed by atoms with Crippen LogP contribution < -0.4 is 10.1 Å². The maximum Gasteiger partial charge on any atom is 0.410 e. The minimum atomic E-state index is -0.529. The van der Waals surface area contributed by atoms with Crippen LogP contribution in [0.25, 0.3) is 0 Å². The summed E-state index contributed by atoms with van der Waals surface area (Å²) in [6.45, 7) is 9.17. The third-order valence-corrected chi connectivity index (χ3v) is 4.57. The molecule has 27 heavy (non-hydrogen) atoms. The van der Waals surface area contributed by atoms with Crippen molar-refractivity contribution in [1.82, 2.24) is 10.2 Å². The van der Waals surface area contributed by atoms with Gasteiger partial charge in [-0.3, -0.25) is 4.79 Å². The molecule has 1 aliphatic rings. The Hall–Kier alpha value is -2.24. The Morgan fingerprint density at radius 3 is 2.70 bits per heavy atom. The molecule has 0 aromatic heterocycles. The average Bonchev–Trinajstić information content (AvgIpc) is 2.60. The summed E-state index contributed by atoms with van der Waals surface area (Å²) in [7, 11) is 1.65. The molecule has 1 aromatic carbocycles. The molecule has 0 spiro atoms. The highest BCUT2D eigenvalue weighted by molar-refractivity contribution is 5.80. The fourth-order valence-electron chi connectivity index (χ4n) is 3.25. The van der Waals surface area contributed by atoms with Gasteiger partial charge in [0.15, 0.2) is 0 Å². The van der Waals surface area contributed by atoms with Crippen LogP contribution in [0.15, 0.2) is 18.2 Å². The summed E-state index contributed by atoms with van der Waals surface area (Å²) in [4.78, 5) is 26.4. The van der Waals surface area contributed by atoms with Crippen molar-refractivity contribution in [2.24, 2.45) is 5.92 Å². The van der Waals surface area contributed by atoms with E-state index in [-0.39, 0.29) is 17.9 Å². The van der Waals surface area contributed by atoms with Gasteiger partial charge in [0.1, 0.15) is 11.4 Å². The lowest BCUT2D eigenvalue weighted by Gasteiger charge is -2.33. The van der Waals surface area contributed by atoms with Crippen LogP contribution >= 0.6 is 0 Å². The number of piperidine rings is 1. The van der Waals surface area contributed by atoms with Gasteiger partial charge in [0.2, 0.25) is 5.91 Å². The summed E-state index contributed by atoms with van der Waals surface area (Å²) in [5, 5.41) is 3.01. The Kier molecular flexibility index (Phi) is 7.11. The molecule has 0 bridgehead atoms. The molecule has 1 aromatic rings. The second-order valence-electron chi connectivity index (χ2n) is 8.12. The summed E-state index contributed by atoms with van der Waals surface area (Å²) < 4.78 is 10.8. The lowest BCUT2D eigenvalue weighted by Crippen LogP contribution is -2.47. The van der Waals surface area contributed by atoms with Gasteiger partial charge in [-0.1, -0.05) is 17.7 Å². The second kappa shape index (κ2) is 9.11. The molecule has 0 aliphatic carbocycles. The molecule has 0 saturated carbocycles. The van der Waals surface area contributed by atoms with E-state index in [9.17, 15) is 9.59 Å². The van der Waals surface area contributed by atoms with Crippen molar-refractivity contribution in [3.05, 3.63) is 29.3 Å². The maximum absolute atomic E-state index is 12.5. The van der Waals surface area contributed by atoms with Crippen LogP contribution in [0.1, 0.15) is 44.7 Å². The highest BCUT2D eigenvalue weighted by Crippen LogP contribution is 2.21. The fourth-order valence-corrected chi connectivity index (χ4v) is 3.25. The van der Waals surface area contributed by atoms with Crippen LogP contribution in [0, 0.1) is 12.8 Å². The number of carbonyl (C=O) groups excluding carboxylic acids is 2. The zero-order chi connectivity index (χ0) is 20.0. The van der Waals surface area contributed by atoms with Gasteiger partial charge in [-0.2, -0.15) is 0 Å². The molecule has 2 amide bonds. The average molecular weight is 376 g/mol. The summed E-state index contributed by atoms with van der Waals surface area (Å²) in [6.07, 6.45) is 1.96. The van der Waals surface area contributed by atoms with E-state index in [1.807, 2.05) is 39.8 Å². The molecule has 1 atom stereocenters. The van der Waals surface area contributed by atoms with Crippen molar-refractivity contribution in [2.75, 3.05) is 26.7 Å². The van der Waals surface area contributed by atoms with E-state index in [2.05, 4.69) is 11.4 Å². The number of hydrogen-bond acceptors (Lipinski definition) is 4. The van der Waals surface area contributed by atoms with Gasteiger partial charge in [-0.05, 0) is 58.6 Å². The van der Waals surface area contributed by atoms with E-state index < -0.39 is 5.60 Å². The Labute approximate surface area is 162 Å². The predicted molar refractivity (Wildman–Crippen MR) is 105 cm³/mol. The first kappa shape index (κ1) is 21.1. The number of methoxy groups -OCH3 is 1. The highest BCUT2D eigenvalue weighted by atomic mass is 16.6. The number of nitrogens with one attached hydrogen (secondary N) is 1. The van der Waals surface area contributed by atoms with Crippen molar-refractivity contribution < 1.29 is 19.1 Å². The number of nitrogens with zero attached hydrogens (tertiary/aromatic N) is 1. The largest absolute Gasteiger partial charge is 0.496 e. The van der Waals surface area contributed by atoms with Gasteiger partial charge in [0.25, 0.3) is 0 Å². The van der Waals surface area contributed by atoms with E-state index in [0.29, 0.717) is 26.1 Å². The number of rotatable bonds is 5. The molecular formula is C21H32N2O4. The normalized spacial score (nSPS) is 17.4. The molecule has 2 rings (SSSR count). The Morgan fingerprint density at radius 2 is 2.04 bits per heavy atom. The molecule has 1 fully saturated rings. The zero-order valence-corrected chi connectivity index (χ0v) is 17.1. The summed E-state index contributed by atoms with van der Waals surface area (Å²) >= 11 is 0. The lowest BCUT2D eigenvalue weighted by molar-refractivity contribution is -0.126. The first-order valence-electron chi connectivity index (χ1n) is 9.59. The molecule has 6 heteroatoms. The monoisotopic (exact) mass is 376 g/mol. The predicted octanol–water partition coefficient (Wildman–Crippen LogP) is 3.31. The standard InChI is InChI=1S/C21H32N2O4/c1-15-8-9-18(26-5)16(13-15)10-11-22-19(24)17-7-6-12-23(14-17)20(25)27-21(2,3)4/h8-9,13,17H,6-7,10-12,14H2,1-5H3,(H,22,24)/t17-/m0/s1. The van der Waals surface area contributed by atoms with Crippen molar-refractivity contribution in [1.29, 1.82) is 0 Å². The highest BCUT2D eigenvalue weighted by Gasteiger charge is 2.30. The fraction of sp³-hybridized carbons (Fsp3) is 0.619. The van der Waals surface area contributed by atoms with Crippen LogP contribution in [0.5, 0.6) is 5.75 Å². The summed E-state index contributed by atoms with van der Waals surface area (Å²) in [5.74, 6) is 0.643. The number of hydrogen-bond donors (Lipinski definition) is 1. The molecule has 0 radical (unpaired) electrons. The Bertz CT molecular complexity index is 667. The third kappa shape index (κ3) is 6.45. The number of ether oxygens (including phenoxy) is 2. The van der Waals surface area contributed by atoms with E-state index in [1.165, 1.54) is 0 Å². The molecule has 1 heterocycles. The quantitative estimate of drug-likeness (QED) is 0.856. The number of amides is 2. The van der Waals surface area contributed by atoms with Crippen LogP contribution in [-0.4, -0.2) is 49.2 Å². The van der Waals surface area contributed by atoms with Gasteiger partial charge < -0.3 is 19.7 Å². The van der Waals surface area contributed by atoms with Crippen molar-refractivity contribution >= 4 is 12.0 Å². The molecule has 1 N–H and O–H groups in total. The van der Waals surface area contributed by atoms with Crippen LogP contribution in [0.4, 0.5) is 4.79 Å². The first-order chi connectivity index (χ1) is 12.7. The summed E-state index contributed by atoms with van der Waals surface area (Å²) in [6, 6.07) is 6.04. The molecule has 6 nitrogen and oxygen atoms in total. The maximum atomic E-state index is 12.5. The molecule has 150 valence electrons. The van der Waals surface area contributed by atoms with Crippen molar-refractivity contribution in [3.63, 3.8) is 0 Å². The number of likely N-dealkylation sites (tertiary alicyclic amines) is 1. The topological polar surface area (TPSA) is 67.9 Å². The Balaban J connectivity index is 1.85. The van der Waals surface area contributed by atoms with Gasteiger partial charge in [-0.25, -0.2) is 4.79 Å². The van der Waals surface area contributed by atoms with Crippen LogP contribution in [0.3, 0.4) is 0 Å². The molecule has 1 aliphatic heterocycles. The molecule has 0 unspecified atom stereocenters. The van der Waals surface area contributed by atoms with E-state index in [0.717, 1.165) is 29.7 Å². The van der Waals surface area contributed by atoms with Gasteiger partial charge >= 0.3 is 6.09 Å². The number of benzene rings is 1. The lowest BCUT2D eigenvalue weighted by atomic mass is 9.97. The van der Waals surface area contributed by atoms with E-state index in [4.69, 9.17) is 9.47 Å². The minimum Gasteiger partial charge on any atom is -0.496 e. The SMILES string of the molecule is COc1ccc(C)cc1CCNC(=O)[C@H]1CCCN(C(=O)OC(C)(C)C)C1. The third-order valence-electron chi connectivity index (χ3n) is 4.57. The van der Waals surface area contributed by atoms with E-state index in [1.54, 1.807) is 12.0 Å². The smallest absolute Gasteiger partial charge is 0.410 e. The van der Waals surface area contributed by atoms with Gasteiger partial charge in [0, 0.05) is 19.6 Å². The molecular weight excluding hydrogens is 344 g/mol. The van der Waals surface area contributed by atoms with Crippen molar-refractivity contribution in [2.45, 2.75) is 52.6 Å². The van der Waals surface area contributed by atoms with Gasteiger partial charge in [0.05, 0.1) is 13.0 Å². The zero-order valence-electron chi connectivity index (χ0n) is 17.1. The second-order valence-corrected chi connectivity index (χ2v) is 8.12. The van der Waals surface area contributed by atoms with Crippen molar-refractivity contribution in [3.8, 4) is 5.75 Å². The molecule has 1 saturated heterocycles.